The molecule has 1 atom stereocenters. The van der Waals surface area contributed by atoms with Gasteiger partial charge >= 0.3 is 0 Å². The number of nitrogens with zero attached hydrogens (tertiary/aromatic N) is 2. The van der Waals surface area contributed by atoms with Gasteiger partial charge in [-0.15, -0.1) is 0 Å². The standard InChI is InChI=1S/C15H19FN2O2/c1-17-7-11(8-19)6-15(17)9-18(10-15)14(20)12-3-2-4-13(16)5-12/h2-5,11,19H,6-10H2,1H3/t11-/m1/s1. The lowest BCUT2D eigenvalue weighted by atomic mass is 9.84. The summed E-state index contributed by atoms with van der Waals surface area (Å²) in [5.74, 6) is -0.202. The number of hydrogen-bond donors (Lipinski definition) is 1. The average molecular weight is 278 g/mol. The fourth-order valence-corrected chi connectivity index (χ4v) is 3.44. The van der Waals surface area contributed by atoms with Crippen LogP contribution in [0.5, 0.6) is 0 Å². The van der Waals surface area contributed by atoms with Crippen LogP contribution in [-0.2, 0) is 0 Å². The maximum Gasteiger partial charge on any atom is 0.254 e. The third-order valence-electron chi connectivity index (χ3n) is 4.60. The molecule has 0 aliphatic carbocycles. The van der Waals surface area contributed by atoms with Gasteiger partial charge in [0.15, 0.2) is 0 Å². The lowest BCUT2D eigenvalue weighted by Crippen LogP contribution is -2.68. The van der Waals surface area contributed by atoms with E-state index in [1.807, 2.05) is 7.05 Å². The summed E-state index contributed by atoms with van der Waals surface area (Å²) in [6.07, 6.45) is 0.924. The molecular weight excluding hydrogens is 259 g/mol. The Kier molecular flexibility index (Phi) is 3.26. The van der Waals surface area contributed by atoms with Gasteiger partial charge in [-0.2, -0.15) is 0 Å². The Balaban J connectivity index is 1.67. The van der Waals surface area contributed by atoms with Gasteiger partial charge in [0.2, 0.25) is 0 Å². The summed E-state index contributed by atoms with van der Waals surface area (Å²) in [7, 11) is 2.04. The summed E-state index contributed by atoms with van der Waals surface area (Å²) in [5.41, 5.74) is 0.412. The van der Waals surface area contributed by atoms with Crippen LogP contribution in [-0.4, -0.2) is 59.6 Å². The summed E-state index contributed by atoms with van der Waals surface area (Å²) in [6.45, 7) is 2.40. The van der Waals surface area contributed by atoms with Crippen LogP contribution in [0.15, 0.2) is 24.3 Å². The van der Waals surface area contributed by atoms with Crippen molar-refractivity contribution in [2.75, 3.05) is 33.3 Å². The number of aliphatic hydroxyl groups is 1. The van der Waals surface area contributed by atoms with Gasteiger partial charge in [-0.25, -0.2) is 4.39 Å². The zero-order valence-electron chi connectivity index (χ0n) is 11.6. The number of likely N-dealkylation sites (tertiary alicyclic amines) is 2. The van der Waals surface area contributed by atoms with E-state index in [2.05, 4.69) is 4.90 Å². The van der Waals surface area contributed by atoms with Gasteiger partial charge < -0.3 is 10.0 Å². The Bertz CT molecular complexity index is 528. The molecule has 1 spiro atoms. The molecule has 20 heavy (non-hydrogen) atoms. The van der Waals surface area contributed by atoms with Crippen LogP contribution in [0.1, 0.15) is 16.8 Å². The number of benzene rings is 1. The van der Waals surface area contributed by atoms with Crippen LogP contribution in [0, 0.1) is 11.7 Å². The largest absolute Gasteiger partial charge is 0.396 e. The van der Waals surface area contributed by atoms with E-state index >= 15 is 0 Å². The first-order valence-corrected chi connectivity index (χ1v) is 6.91. The molecule has 3 rings (SSSR count). The van der Waals surface area contributed by atoms with Crippen LogP contribution in [0.2, 0.25) is 0 Å². The molecule has 2 fully saturated rings. The van der Waals surface area contributed by atoms with Gasteiger partial charge in [0, 0.05) is 31.8 Å². The third kappa shape index (κ3) is 2.11. The summed E-state index contributed by atoms with van der Waals surface area (Å²) < 4.78 is 13.2. The molecule has 2 saturated heterocycles. The molecule has 0 unspecified atom stereocenters. The first-order chi connectivity index (χ1) is 9.54. The molecule has 1 amide bonds. The minimum absolute atomic E-state index is 0.0103. The van der Waals surface area contributed by atoms with Crippen molar-refractivity contribution in [3.8, 4) is 0 Å². The summed E-state index contributed by atoms with van der Waals surface area (Å²) in [5, 5.41) is 9.27. The second kappa shape index (κ2) is 4.82. The molecule has 0 radical (unpaired) electrons. The third-order valence-corrected chi connectivity index (χ3v) is 4.60. The molecule has 108 valence electrons. The van der Waals surface area contributed by atoms with E-state index in [1.165, 1.54) is 12.1 Å². The molecule has 2 aliphatic heterocycles. The second-order valence-electron chi connectivity index (χ2n) is 6.03. The van der Waals surface area contributed by atoms with Gasteiger partial charge in [0.05, 0.1) is 5.54 Å². The van der Waals surface area contributed by atoms with Crippen LogP contribution < -0.4 is 0 Å². The molecule has 5 heteroatoms. The minimum Gasteiger partial charge on any atom is -0.396 e. The molecule has 1 aromatic carbocycles. The molecule has 0 bridgehead atoms. The topological polar surface area (TPSA) is 43.8 Å². The van der Waals surface area contributed by atoms with E-state index in [1.54, 1.807) is 17.0 Å². The SMILES string of the molecule is CN1C[C@H](CO)CC12CN(C(=O)c1cccc(F)c1)C2. The normalized spacial score (nSPS) is 24.9. The number of rotatable bonds is 2. The van der Waals surface area contributed by atoms with E-state index < -0.39 is 0 Å². The summed E-state index contributed by atoms with van der Waals surface area (Å²) in [4.78, 5) is 16.3. The van der Waals surface area contributed by atoms with Gasteiger partial charge in [0.1, 0.15) is 5.82 Å². The summed E-state index contributed by atoms with van der Waals surface area (Å²) in [6, 6.07) is 5.82. The first-order valence-electron chi connectivity index (χ1n) is 6.91. The molecule has 1 aromatic rings. The van der Waals surface area contributed by atoms with Crippen molar-refractivity contribution in [1.82, 2.24) is 9.80 Å². The monoisotopic (exact) mass is 278 g/mol. The smallest absolute Gasteiger partial charge is 0.254 e. The van der Waals surface area contributed by atoms with E-state index in [-0.39, 0.29) is 23.9 Å². The highest BCUT2D eigenvalue weighted by atomic mass is 19.1. The number of carbonyl (C=O) groups is 1. The van der Waals surface area contributed by atoms with Crippen molar-refractivity contribution in [1.29, 1.82) is 0 Å². The molecular formula is C15H19FN2O2. The quantitative estimate of drug-likeness (QED) is 0.876. The zero-order chi connectivity index (χ0) is 14.3. The maximum atomic E-state index is 13.2. The number of hydrogen-bond acceptors (Lipinski definition) is 3. The summed E-state index contributed by atoms with van der Waals surface area (Å²) >= 11 is 0. The number of amides is 1. The van der Waals surface area contributed by atoms with Crippen molar-refractivity contribution in [3.05, 3.63) is 35.6 Å². The predicted molar refractivity (Wildman–Crippen MR) is 72.9 cm³/mol. The number of halogens is 1. The highest BCUT2D eigenvalue weighted by molar-refractivity contribution is 5.95. The highest BCUT2D eigenvalue weighted by Gasteiger charge is 2.52. The van der Waals surface area contributed by atoms with Gasteiger partial charge in [-0.1, -0.05) is 6.07 Å². The van der Waals surface area contributed by atoms with Crippen LogP contribution >= 0.6 is 0 Å². The van der Waals surface area contributed by atoms with E-state index in [0.29, 0.717) is 24.6 Å². The highest BCUT2D eigenvalue weighted by Crippen LogP contribution is 2.39. The molecule has 1 N–H and O–H groups in total. The average Bonchev–Trinajstić information content (AvgIpc) is 2.73. The Morgan fingerprint density at radius 3 is 2.85 bits per heavy atom. The molecule has 2 aliphatic rings. The Hall–Kier alpha value is -1.46. The lowest BCUT2D eigenvalue weighted by molar-refractivity contribution is -0.00776. The maximum absolute atomic E-state index is 13.2. The predicted octanol–water partition coefficient (Wildman–Crippen LogP) is 0.964. The first kappa shape index (κ1) is 13.5. The van der Waals surface area contributed by atoms with Crippen molar-refractivity contribution < 1.29 is 14.3 Å². The Morgan fingerprint density at radius 1 is 1.50 bits per heavy atom. The van der Waals surface area contributed by atoms with Crippen molar-refractivity contribution in [2.45, 2.75) is 12.0 Å². The number of likely N-dealkylation sites (N-methyl/N-ethyl adjacent to an activating group) is 1. The van der Waals surface area contributed by atoms with Crippen molar-refractivity contribution in [2.24, 2.45) is 5.92 Å². The van der Waals surface area contributed by atoms with Crippen molar-refractivity contribution in [3.63, 3.8) is 0 Å². The lowest BCUT2D eigenvalue weighted by Gasteiger charge is -2.52. The fourth-order valence-electron chi connectivity index (χ4n) is 3.44. The van der Waals surface area contributed by atoms with Crippen LogP contribution in [0.25, 0.3) is 0 Å². The Morgan fingerprint density at radius 2 is 2.25 bits per heavy atom. The fraction of sp³-hybridized carbons (Fsp3) is 0.533. The number of aliphatic hydroxyl groups excluding tert-OH is 1. The van der Waals surface area contributed by atoms with Gasteiger partial charge in [-0.05, 0) is 37.6 Å². The van der Waals surface area contributed by atoms with E-state index in [9.17, 15) is 14.3 Å². The zero-order valence-corrected chi connectivity index (χ0v) is 11.6. The second-order valence-corrected chi connectivity index (χ2v) is 6.03. The molecule has 2 heterocycles. The Labute approximate surface area is 117 Å². The molecule has 4 nitrogen and oxygen atoms in total. The molecule has 0 aromatic heterocycles. The van der Waals surface area contributed by atoms with Crippen LogP contribution in [0.4, 0.5) is 4.39 Å². The number of carbonyl (C=O) groups excluding carboxylic acids is 1. The molecule has 0 saturated carbocycles. The van der Waals surface area contributed by atoms with E-state index in [0.717, 1.165) is 13.0 Å². The van der Waals surface area contributed by atoms with Gasteiger partial charge in [-0.3, -0.25) is 9.69 Å². The van der Waals surface area contributed by atoms with E-state index in [4.69, 9.17) is 0 Å². The van der Waals surface area contributed by atoms with Crippen molar-refractivity contribution >= 4 is 5.91 Å². The minimum atomic E-state index is -0.385. The van der Waals surface area contributed by atoms with Crippen LogP contribution in [0.3, 0.4) is 0 Å². The van der Waals surface area contributed by atoms with Gasteiger partial charge in [0.25, 0.3) is 5.91 Å².